The number of carbonyl (C=O) groups is 1. The molecule has 0 aliphatic heterocycles. The molecule has 2 aliphatic carbocycles. The minimum Gasteiger partial charge on any atom is -0.465 e. The van der Waals surface area contributed by atoms with Crippen molar-refractivity contribution in [3.8, 4) is 0 Å². The van der Waals surface area contributed by atoms with Crippen LogP contribution < -0.4 is 0 Å². The fraction of sp³-hybridized carbons (Fsp3) is 0.941. The van der Waals surface area contributed by atoms with Crippen LogP contribution >= 0.6 is 0 Å². The lowest BCUT2D eigenvalue weighted by Crippen LogP contribution is -2.23. The van der Waals surface area contributed by atoms with Crippen molar-refractivity contribution < 1.29 is 9.53 Å². The Labute approximate surface area is 118 Å². The number of carbonyl (C=O) groups excluding carboxylic acids is 1. The minimum absolute atomic E-state index is 0.00318. The molecule has 2 nitrogen and oxygen atoms in total. The molecule has 0 radical (unpaired) electrons. The van der Waals surface area contributed by atoms with Crippen molar-refractivity contribution in [3.05, 3.63) is 0 Å². The third-order valence-electron chi connectivity index (χ3n) is 5.46. The highest BCUT2D eigenvalue weighted by Crippen LogP contribution is 2.59. The number of hydrogen-bond acceptors (Lipinski definition) is 2. The maximum absolute atomic E-state index is 11.6. The molecule has 0 bridgehead atoms. The van der Waals surface area contributed by atoms with E-state index in [9.17, 15) is 4.79 Å². The standard InChI is InChI=1S/C17H30O2/c1-12(2)16(18)19-11-17(4)10-15(17)13(3)14-8-6-5-7-9-14/h12-15H,5-11H2,1-4H3. The van der Waals surface area contributed by atoms with Gasteiger partial charge in [-0.25, -0.2) is 0 Å². The largest absolute Gasteiger partial charge is 0.465 e. The number of rotatable bonds is 5. The second-order valence-electron chi connectivity index (χ2n) is 7.48. The Morgan fingerprint density at radius 1 is 1.21 bits per heavy atom. The number of hydrogen-bond donors (Lipinski definition) is 0. The highest BCUT2D eigenvalue weighted by atomic mass is 16.5. The van der Waals surface area contributed by atoms with Crippen molar-refractivity contribution in [1.82, 2.24) is 0 Å². The van der Waals surface area contributed by atoms with Crippen LogP contribution in [0.1, 0.15) is 66.2 Å². The first-order valence-corrected chi connectivity index (χ1v) is 8.10. The van der Waals surface area contributed by atoms with Crippen LogP contribution in [0.25, 0.3) is 0 Å². The summed E-state index contributed by atoms with van der Waals surface area (Å²) in [6, 6.07) is 0. The molecule has 110 valence electrons. The molecule has 0 heterocycles. The highest BCUT2D eigenvalue weighted by molar-refractivity contribution is 5.71. The summed E-state index contributed by atoms with van der Waals surface area (Å²) < 4.78 is 5.46. The van der Waals surface area contributed by atoms with Gasteiger partial charge in [-0.1, -0.05) is 59.8 Å². The van der Waals surface area contributed by atoms with Crippen LogP contribution in [0.2, 0.25) is 0 Å². The summed E-state index contributed by atoms with van der Waals surface area (Å²) in [6.07, 6.45) is 8.34. The van der Waals surface area contributed by atoms with E-state index in [4.69, 9.17) is 4.74 Å². The molecule has 2 rings (SSSR count). The summed E-state index contributed by atoms with van der Waals surface area (Å²) in [6.45, 7) is 9.16. The number of esters is 1. The third-order valence-corrected chi connectivity index (χ3v) is 5.46. The fourth-order valence-electron chi connectivity index (χ4n) is 3.82. The molecule has 0 spiro atoms. The second-order valence-corrected chi connectivity index (χ2v) is 7.48. The molecule has 2 fully saturated rings. The third kappa shape index (κ3) is 3.52. The van der Waals surface area contributed by atoms with Gasteiger partial charge in [-0.05, 0) is 24.2 Å². The monoisotopic (exact) mass is 266 g/mol. The van der Waals surface area contributed by atoms with Crippen LogP contribution in [0.3, 0.4) is 0 Å². The first-order chi connectivity index (χ1) is 8.94. The van der Waals surface area contributed by atoms with Gasteiger partial charge >= 0.3 is 5.97 Å². The van der Waals surface area contributed by atoms with E-state index in [2.05, 4.69) is 13.8 Å². The Hall–Kier alpha value is -0.530. The lowest BCUT2D eigenvalue weighted by atomic mass is 9.77. The molecule has 0 N–H and O–H groups in total. The Morgan fingerprint density at radius 2 is 1.84 bits per heavy atom. The van der Waals surface area contributed by atoms with Gasteiger partial charge in [-0.3, -0.25) is 4.79 Å². The Morgan fingerprint density at radius 3 is 2.42 bits per heavy atom. The van der Waals surface area contributed by atoms with Crippen molar-refractivity contribution in [2.24, 2.45) is 29.1 Å². The zero-order chi connectivity index (χ0) is 14.0. The van der Waals surface area contributed by atoms with Gasteiger partial charge in [0.25, 0.3) is 0 Å². The van der Waals surface area contributed by atoms with E-state index in [0.717, 1.165) is 17.8 Å². The van der Waals surface area contributed by atoms with Crippen molar-refractivity contribution in [2.45, 2.75) is 66.2 Å². The predicted molar refractivity (Wildman–Crippen MR) is 77.8 cm³/mol. The average molecular weight is 266 g/mol. The van der Waals surface area contributed by atoms with Gasteiger partial charge in [0.15, 0.2) is 0 Å². The second kappa shape index (κ2) is 5.85. The van der Waals surface area contributed by atoms with E-state index < -0.39 is 0 Å². The fourth-order valence-corrected chi connectivity index (χ4v) is 3.82. The first-order valence-electron chi connectivity index (χ1n) is 8.10. The highest BCUT2D eigenvalue weighted by Gasteiger charge is 2.54. The first kappa shape index (κ1) is 14.9. The van der Waals surface area contributed by atoms with Gasteiger partial charge in [0.2, 0.25) is 0 Å². The van der Waals surface area contributed by atoms with E-state index in [1.165, 1.54) is 38.5 Å². The lowest BCUT2D eigenvalue weighted by Gasteiger charge is -2.29. The Kier molecular flexibility index (Phi) is 4.58. The molecule has 0 aromatic rings. The quantitative estimate of drug-likeness (QED) is 0.688. The van der Waals surface area contributed by atoms with E-state index in [0.29, 0.717) is 6.61 Å². The van der Waals surface area contributed by atoms with Crippen molar-refractivity contribution in [2.75, 3.05) is 6.61 Å². The van der Waals surface area contributed by atoms with Gasteiger partial charge in [0, 0.05) is 5.41 Å². The number of ether oxygens (including phenoxy) is 1. The van der Waals surface area contributed by atoms with Gasteiger partial charge in [-0.2, -0.15) is 0 Å². The molecule has 0 saturated heterocycles. The lowest BCUT2D eigenvalue weighted by molar-refractivity contribution is -0.149. The summed E-state index contributed by atoms with van der Waals surface area (Å²) in [4.78, 5) is 11.6. The molecule has 2 heteroatoms. The molecule has 0 aromatic heterocycles. The van der Waals surface area contributed by atoms with Gasteiger partial charge < -0.3 is 4.74 Å². The summed E-state index contributed by atoms with van der Waals surface area (Å²) in [5, 5.41) is 0. The zero-order valence-corrected chi connectivity index (χ0v) is 13.1. The maximum Gasteiger partial charge on any atom is 0.308 e. The zero-order valence-electron chi connectivity index (χ0n) is 13.1. The topological polar surface area (TPSA) is 26.3 Å². The van der Waals surface area contributed by atoms with Crippen molar-refractivity contribution in [1.29, 1.82) is 0 Å². The molecule has 0 amide bonds. The van der Waals surface area contributed by atoms with Crippen LogP contribution in [-0.2, 0) is 9.53 Å². The summed E-state index contributed by atoms with van der Waals surface area (Å²) >= 11 is 0. The molecule has 2 saturated carbocycles. The van der Waals surface area contributed by atoms with E-state index >= 15 is 0 Å². The van der Waals surface area contributed by atoms with E-state index in [-0.39, 0.29) is 17.3 Å². The molecule has 19 heavy (non-hydrogen) atoms. The molecular formula is C17H30O2. The molecule has 3 atom stereocenters. The molecule has 3 unspecified atom stereocenters. The molecule has 0 aromatic carbocycles. The van der Waals surface area contributed by atoms with Crippen LogP contribution in [0.5, 0.6) is 0 Å². The summed E-state index contributed by atoms with van der Waals surface area (Å²) in [5.74, 6) is 2.45. The normalized spacial score (nSPS) is 33.2. The van der Waals surface area contributed by atoms with Gasteiger partial charge in [-0.15, -0.1) is 0 Å². The van der Waals surface area contributed by atoms with Crippen LogP contribution in [0, 0.1) is 29.1 Å². The molecular weight excluding hydrogens is 236 g/mol. The molecule has 2 aliphatic rings. The summed E-state index contributed by atoms with van der Waals surface area (Å²) in [7, 11) is 0. The minimum atomic E-state index is -0.0443. The van der Waals surface area contributed by atoms with E-state index in [1.807, 2.05) is 13.8 Å². The Bertz CT molecular complexity index is 317. The van der Waals surface area contributed by atoms with Crippen LogP contribution in [0.15, 0.2) is 0 Å². The van der Waals surface area contributed by atoms with E-state index in [1.54, 1.807) is 0 Å². The van der Waals surface area contributed by atoms with Crippen LogP contribution in [0.4, 0.5) is 0 Å². The average Bonchev–Trinajstić information content (AvgIpc) is 3.08. The SMILES string of the molecule is CC(C)C(=O)OCC1(C)CC1C(C)C1CCCCC1. The van der Waals surface area contributed by atoms with Gasteiger partial charge in [0.05, 0.1) is 12.5 Å². The maximum atomic E-state index is 11.6. The predicted octanol–water partition coefficient (Wildman–Crippen LogP) is 4.43. The smallest absolute Gasteiger partial charge is 0.308 e. The van der Waals surface area contributed by atoms with Gasteiger partial charge in [0.1, 0.15) is 0 Å². The van der Waals surface area contributed by atoms with Crippen molar-refractivity contribution in [3.63, 3.8) is 0 Å². The van der Waals surface area contributed by atoms with Crippen LogP contribution in [-0.4, -0.2) is 12.6 Å². The summed E-state index contributed by atoms with van der Waals surface area (Å²) in [5.41, 5.74) is 0.265. The Balaban J connectivity index is 1.79. The van der Waals surface area contributed by atoms with Crippen molar-refractivity contribution >= 4 is 5.97 Å².